The number of halogens is 1. The molecule has 45 heavy (non-hydrogen) atoms. The minimum atomic E-state index is -1.21. The van der Waals surface area contributed by atoms with Gasteiger partial charge in [0.05, 0.1) is 5.52 Å². The van der Waals surface area contributed by atoms with Gasteiger partial charge in [0.15, 0.2) is 5.72 Å². The highest BCUT2D eigenvalue weighted by Gasteiger charge is 2.28. The summed E-state index contributed by atoms with van der Waals surface area (Å²) >= 11 is 1.43. The molecule has 1 atom stereocenters. The summed E-state index contributed by atoms with van der Waals surface area (Å²) in [5.41, 5.74) is 11.1. The summed E-state index contributed by atoms with van der Waals surface area (Å²) < 4.78 is 14.3. The maximum atomic E-state index is 14.3. The first-order chi connectivity index (χ1) is 21.6. The maximum Gasteiger partial charge on any atom is 0.407 e. The number of nitrogens with one attached hydrogen (secondary N) is 1. The number of rotatable bonds is 7. The number of hydrogen-bond donors (Lipinski definition) is 4. The summed E-state index contributed by atoms with van der Waals surface area (Å²) in [4.78, 5) is 24.6. The lowest BCUT2D eigenvalue weighted by Gasteiger charge is -2.33. The van der Waals surface area contributed by atoms with E-state index in [1.54, 1.807) is 19.2 Å². The Balaban J connectivity index is 1.20. The van der Waals surface area contributed by atoms with E-state index in [4.69, 9.17) is 5.73 Å². The summed E-state index contributed by atoms with van der Waals surface area (Å²) in [6, 6.07) is 17.1. The molecule has 4 heterocycles. The van der Waals surface area contributed by atoms with Crippen molar-refractivity contribution in [2.45, 2.75) is 30.9 Å². The number of nitrogens with two attached hydrogens (primary N) is 1. The molecule has 11 heteroatoms. The van der Waals surface area contributed by atoms with Gasteiger partial charge in [0.25, 0.3) is 0 Å². The van der Waals surface area contributed by atoms with Gasteiger partial charge in [-0.2, -0.15) is 0 Å². The van der Waals surface area contributed by atoms with E-state index in [2.05, 4.69) is 20.2 Å². The number of anilines is 2. The van der Waals surface area contributed by atoms with Crippen molar-refractivity contribution in [1.29, 1.82) is 0 Å². The number of amides is 1. The fraction of sp³-hybridized carbons (Fsp3) is 0.265. The largest absolute Gasteiger partial charge is 0.465 e. The molecule has 2 aliphatic rings. The molecule has 0 saturated carbocycles. The molecule has 2 aromatic carbocycles. The molecule has 5 N–H and O–H groups in total. The molecule has 1 amide bonds. The fourth-order valence-electron chi connectivity index (χ4n) is 5.62. The Morgan fingerprint density at radius 3 is 2.58 bits per heavy atom. The highest BCUT2D eigenvalue weighted by Crippen LogP contribution is 2.34. The topological polar surface area (TPSA) is 128 Å². The molecule has 4 aromatic rings. The number of nitrogens with zero attached hydrogens (tertiary/aromatic N) is 4. The number of aliphatic hydroxyl groups is 1. The second-order valence-electron chi connectivity index (χ2n) is 11.5. The number of allylic oxidation sites excluding steroid dienone is 2. The summed E-state index contributed by atoms with van der Waals surface area (Å²) in [5, 5.41) is 24.3. The predicted molar refractivity (Wildman–Crippen MR) is 177 cm³/mol. The monoisotopic (exact) mass is 626 g/mol. The van der Waals surface area contributed by atoms with Crippen LogP contribution >= 0.6 is 11.8 Å². The lowest BCUT2D eigenvalue weighted by atomic mass is 9.92. The summed E-state index contributed by atoms with van der Waals surface area (Å²) in [6.07, 6.45) is 5.25. The van der Waals surface area contributed by atoms with Gasteiger partial charge >= 0.3 is 6.09 Å². The number of carboxylic acid groups (broad SMARTS) is 1. The quantitative estimate of drug-likeness (QED) is 0.186. The number of carbonyl (C=O) groups is 1. The molecule has 1 unspecified atom stereocenters. The van der Waals surface area contributed by atoms with E-state index in [9.17, 15) is 19.4 Å². The average molecular weight is 627 g/mol. The highest BCUT2D eigenvalue weighted by molar-refractivity contribution is 7.99. The SMILES string of the molecule is Cc1ccc(SCCC2=CC(c3ccc4nc(N)c(-c5ccc(N6CCN(C(=O)O)CC6)nc5)cc4c3)=CNC2(C)O)c(F)c1. The molecule has 0 radical (unpaired) electrons. The second-order valence-corrected chi connectivity index (χ2v) is 12.6. The van der Waals surface area contributed by atoms with Crippen molar-refractivity contribution < 1.29 is 19.4 Å². The Labute approximate surface area is 265 Å². The van der Waals surface area contributed by atoms with Crippen LogP contribution in [0.4, 0.5) is 20.8 Å². The van der Waals surface area contributed by atoms with Crippen LogP contribution in [0.15, 0.2) is 83.5 Å². The lowest BCUT2D eigenvalue weighted by Crippen LogP contribution is -2.48. The van der Waals surface area contributed by atoms with E-state index in [1.165, 1.54) is 22.7 Å². The number of aryl methyl sites for hydroxylation is 1. The van der Waals surface area contributed by atoms with Crippen molar-refractivity contribution in [1.82, 2.24) is 20.2 Å². The Morgan fingerprint density at radius 1 is 1.09 bits per heavy atom. The van der Waals surface area contributed by atoms with E-state index in [1.807, 2.05) is 61.7 Å². The van der Waals surface area contributed by atoms with E-state index < -0.39 is 11.8 Å². The third-order valence-electron chi connectivity index (χ3n) is 8.29. The molecule has 0 aliphatic carbocycles. The van der Waals surface area contributed by atoms with Gasteiger partial charge in [-0.25, -0.2) is 19.2 Å². The minimum absolute atomic E-state index is 0.226. The van der Waals surface area contributed by atoms with Crippen LogP contribution in [0.5, 0.6) is 0 Å². The van der Waals surface area contributed by atoms with Gasteiger partial charge in [-0.3, -0.25) is 0 Å². The van der Waals surface area contributed by atoms with Crippen LogP contribution in [0.25, 0.3) is 27.6 Å². The van der Waals surface area contributed by atoms with Gasteiger partial charge in [0.2, 0.25) is 0 Å². The number of piperazine rings is 1. The Hall–Kier alpha value is -4.61. The number of hydrogen-bond acceptors (Lipinski definition) is 8. The van der Waals surface area contributed by atoms with Crippen LogP contribution in [0.2, 0.25) is 0 Å². The van der Waals surface area contributed by atoms with Crippen LogP contribution in [-0.4, -0.2) is 68.8 Å². The van der Waals surface area contributed by atoms with Crippen molar-refractivity contribution >= 4 is 46.0 Å². The number of fused-ring (bicyclic) bond motifs is 1. The first-order valence-corrected chi connectivity index (χ1v) is 15.8. The van der Waals surface area contributed by atoms with Crippen molar-refractivity contribution in [3.63, 3.8) is 0 Å². The molecule has 1 fully saturated rings. The molecule has 2 aliphatic heterocycles. The molecule has 0 bridgehead atoms. The third-order valence-corrected chi connectivity index (χ3v) is 9.34. The fourth-order valence-corrected chi connectivity index (χ4v) is 6.52. The van der Waals surface area contributed by atoms with Crippen molar-refractivity contribution in [3.05, 3.63) is 95.6 Å². The first kappa shape index (κ1) is 30.4. The van der Waals surface area contributed by atoms with Crippen molar-refractivity contribution in [2.24, 2.45) is 0 Å². The lowest BCUT2D eigenvalue weighted by molar-refractivity contribution is 0.0727. The molecule has 232 valence electrons. The molecule has 6 rings (SSSR count). The molecular formula is C34H35FN6O3S. The van der Waals surface area contributed by atoms with E-state index >= 15 is 0 Å². The number of thioether (sulfide) groups is 1. The maximum absolute atomic E-state index is 14.3. The van der Waals surface area contributed by atoms with Crippen LogP contribution in [0.1, 0.15) is 24.5 Å². The van der Waals surface area contributed by atoms with Gasteiger partial charge in [0, 0.05) is 65.7 Å². The van der Waals surface area contributed by atoms with Gasteiger partial charge in [-0.15, -0.1) is 11.8 Å². The molecule has 9 nitrogen and oxygen atoms in total. The summed E-state index contributed by atoms with van der Waals surface area (Å²) in [7, 11) is 0. The molecule has 1 saturated heterocycles. The standard InChI is InChI=1S/C34H35FN6O3S/c1-21-3-7-30(28(35)15-21)45-14-9-26-17-25(20-38-34(26,2)44)22-4-6-29-24(16-22)18-27(32(36)39-29)23-5-8-31(37-19-23)40-10-12-41(13-11-40)33(42)43/h3-8,15-20,38,44H,9-14H2,1-2H3,(H2,36,39)(H,42,43). The van der Waals surface area contributed by atoms with Gasteiger partial charge in [-0.05, 0) is 91.1 Å². The predicted octanol–water partition coefficient (Wildman–Crippen LogP) is 5.89. The van der Waals surface area contributed by atoms with Crippen LogP contribution < -0.4 is 16.0 Å². The van der Waals surface area contributed by atoms with Gasteiger partial charge in [-0.1, -0.05) is 12.1 Å². The van der Waals surface area contributed by atoms with E-state index in [-0.39, 0.29) is 5.82 Å². The summed E-state index contributed by atoms with van der Waals surface area (Å²) in [6.45, 7) is 5.63. The number of benzene rings is 2. The molecular weight excluding hydrogens is 591 g/mol. The van der Waals surface area contributed by atoms with Crippen LogP contribution in [-0.2, 0) is 0 Å². The highest BCUT2D eigenvalue weighted by atomic mass is 32.2. The van der Waals surface area contributed by atoms with Crippen LogP contribution in [0.3, 0.4) is 0 Å². The Morgan fingerprint density at radius 2 is 1.87 bits per heavy atom. The molecule has 0 spiro atoms. The minimum Gasteiger partial charge on any atom is -0.465 e. The second kappa shape index (κ2) is 12.4. The van der Waals surface area contributed by atoms with Crippen molar-refractivity contribution in [3.8, 4) is 11.1 Å². The number of pyridine rings is 2. The van der Waals surface area contributed by atoms with Crippen molar-refractivity contribution in [2.75, 3.05) is 42.6 Å². The number of nitrogen functional groups attached to an aromatic ring is 1. The zero-order chi connectivity index (χ0) is 31.7. The molecule has 2 aromatic heterocycles. The normalized spacial score (nSPS) is 18.4. The number of dihydropyridines is 1. The number of aromatic nitrogens is 2. The smallest absolute Gasteiger partial charge is 0.407 e. The van der Waals surface area contributed by atoms with E-state index in [0.29, 0.717) is 49.1 Å². The third kappa shape index (κ3) is 6.59. The van der Waals surface area contributed by atoms with Gasteiger partial charge < -0.3 is 31.1 Å². The van der Waals surface area contributed by atoms with Crippen LogP contribution in [0, 0.1) is 12.7 Å². The summed E-state index contributed by atoms with van der Waals surface area (Å²) in [5.74, 6) is 1.58. The Bertz CT molecular complexity index is 1820. The zero-order valence-electron chi connectivity index (χ0n) is 25.1. The average Bonchev–Trinajstić information content (AvgIpc) is 3.02. The first-order valence-electron chi connectivity index (χ1n) is 14.8. The zero-order valence-corrected chi connectivity index (χ0v) is 25.9. The van der Waals surface area contributed by atoms with Gasteiger partial charge in [0.1, 0.15) is 17.5 Å². The van der Waals surface area contributed by atoms with E-state index in [0.717, 1.165) is 50.1 Å². The Kier molecular flexibility index (Phi) is 8.39.